The van der Waals surface area contributed by atoms with E-state index < -0.39 is 0 Å². The van der Waals surface area contributed by atoms with Crippen molar-refractivity contribution in [3.63, 3.8) is 0 Å². The van der Waals surface area contributed by atoms with Crippen LogP contribution in [0.5, 0.6) is 0 Å². The molecule has 0 bridgehead atoms. The van der Waals surface area contributed by atoms with Crippen LogP contribution >= 0.6 is 0 Å². The van der Waals surface area contributed by atoms with E-state index in [-0.39, 0.29) is 0 Å². The van der Waals surface area contributed by atoms with Gasteiger partial charge in [0, 0.05) is 24.7 Å². The molecule has 1 aliphatic rings. The van der Waals surface area contributed by atoms with E-state index in [0.717, 1.165) is 43.2 Å². The summed E-state index contributed by atoms with van der Waals surface area (Å²) in [5, 5.41) is 1.17. The zero-order chi connectivity index (χ0) is 21.6. The van der Waals surface area contributed by atoms with E-state index in [1.54, 1.807) is 0 Å². The Labute approximate surface area is 179 Å². The van der Waals surface area contributed by atoms with Gasteiger partial charge in [0.1, 0.15) is 11.6 Å². The van der Waals surface area contributed by atoms with Crippen LogP contribution in [0.2, 0.25) is 0 Å². The zero-order valence-corrected chi connectivity index (χ0v) is 19.0. The van der Waals surface area contributed by atoms with Crippen molar-refractivity contribution < 1.29 is 0 Å². The molecule has 4 rings (SSSR count). The van der Waals surface area contributed by atoms with Crippen LogP contribution in [0.15, 0.2) is 12.1 Å². The Kier molecular flexibility index (Phi) is 5.27. The lowest BCUT2D eigenvalue weighted by Gasteiger charge is -2.31. The molecule has 0 aliphatic carbocycles. The van der Waals surface area contributed by atoms with E-state index in [4.69, 9.17) is 16.5 Å². The Morgan fingerprint density at radius 3 is 2.23 bits per heavy atom. The van der Waals surface area contributed by atoms with E-state index in [0.29, 0.717) is 12.5 Å². The Morgan fingerprint density at radius 1 is 1.00 bits per heavy atom. The van der Waals surface area contributed by atoms with Crippen LogP contribution in [0.4, 0.5) is 5.82 Å². The Balaban J connectivity index is 1.89. The molecule has 5 nitrogen and oxygen atoms in total. The van der Waals surface area contributed by atoms with Crippen LogP contribution in [-0.4, -0.2) is 34.2 Å². The van der Waals surface area contributed by atoms with E-state index in [9.17, 15) is 0 Å². The van der Waals surface area contributed by atoms with Crippen LogP contribution in [-0.2, 0) is 0 Å². The third-order valence-corrected chi connectivity index (χ3v) is 6.57. The van der Waals surface area contributed by atoms with Gasteiger partial charge in [-0.05, 0) is 71.1 Å². The molecule has 30 heavy (non-hydrogen) atoms. The Bertz CT molecular complexity index is 1130. The van der Waals surface area contributed by atoms with Crippen molar-refractivity contribution in [1.29, 1.82) is 0 Å². The normalized spacial score (nSPS) is 15.0. The van der Waals surface area contributed by atoms with Gasteiger partial charge in [-0.25, -0.2) is 16.5 Å². The first-order chi connectivity index (χ1) is 14.3. The second-order valence-electron chi connectivity index (χ2n) is 8.86. The van der Waals surface area contributed by atoms with Crippen molar-refractivity contribution in [3.05, 3.63) is 57.3 Å². The fraction of sp³-hybridized carbons (Fsp3) is 0.480. The average molecular weight is 402 g/mol. The number of aromatic nitrogens is 3. The lowest BCUT2D eigenvalue weighted by molar-refractivity contribution is 0.429. The first kappa shape index (κ1) is 20.4. The van der Waals surface area contributed by atoms with Gasteiger partial charge in [0.15, 0.2) is 5.65 Å². The molecule has 1 fully saturated rings. The number of nitrogens with zero attached hydrogens (tertiary/aromatic N) is 5. The van der Waals surface area contributed by atoms with Crippen LogP contribution in [0, 0.1) is 54.0 Å². The number of piperidine rings is 1. The molecule has 0 unspecified atom stereocenters. The molecular weight excluding hydrogens is 370 g/mol. The highest BCUT2D eigenvalue weighted by Crippen LogP contribution is 2.36. The fourth-order valence-electron chi connectivity index (χ4n) is 5.03. The monoisotopic (exact) mass is 401 g/mol. The van der Waals surface area contributed by atoms with Crippen molar-refractivity contribution in [1.82, 2.24) is 14.5 Å². The molecule has 0 radical (unpaired) electrons. The quantitative estimate of drug-likeness (QED) is 0.551. The van der Waals surface area contributed by atoms with E-state index in [1.165, 1.54) is 39.0 Å². The minimum absolute atomic E-state index is 0.516. The van der Waals surface area contributed by atoms with Gasteiger partial charge in [0.25, 0.3) is 0 Å². The number of rotatable bonds is 3. The third kappa shape index (κ3) is 3.35. The fourth-order valence-corrected chi connectivity index (χ4v) is 5.03. The summed E-state index contributed by atoms with van der Waals surface area (Å²) >= 11 is 0. The summed E-state index contributed by atoms with van der Waals surface area (Å²) in [6.45, 7) is 22.6. The zero-order valence-electron chi connectivity index (χ0n) is 19.0. The van der Waals surface area contributed by atoms with Crippen LogP contribution in [0.1, 0.15) is 46.6 Å². The van der Waals surface area contributed by atoms with Crippen LogP contribution in [0.3, 0.4) is 0 Å². The second-order valence-corrected chi connectivity index (χ2v) is 8.86. The van der Waals surface area contributed by atoms with Crippen molar-refractivity contribution in [3.8, 4) is 5.69 Å². The van der Waals surface area contributed by atoms with E-state index in [2.05, 4.69) is 61.1 Å². The Morgan fingerprint density at radius 2 is 1.63 bits per heavy atom. The summed E-state index contributed by atoms with van der Waals surface area (Å²) in [7, 11) is 0. The largest absolute Gasteiger partial charge is 0.356 e. The lowest BCUT2D eigenvalue weighted by Crippen LogP contribution is -2.35. The second kappa shape index (κ2) is 7.75. The molecular formula is C25H31N5. The molecule has 1 saturated heterocycles. The highest BCUT2D eigenvalue weighted by Gasteiger charge is 2.27. The predicted molar refractivity (Wildman–Crippen MR) is 124 cm³/mol. The summed E-state index contributed by atoms with van der Waals surface area (Å²) in [5.41, 5.74) is 8.54. The van der Waals surface area contributed by atoms with Gasteiger partial charge in [-0.15, -0.1) is 0 Å². The smallest absolute Gasteiger partial charge is 0.217 e. The Hall–Kier alpha value is -2.87. The maximum atomic E-state index is 7.16. The average Bonchev–Trinajstić information content (AvgIpc) is 2.92. The molecule has 0 N–H and O–H groups in total. The topological polar surface area (TPSA) is 38.3 Å². The lowest BCUT2D eigenvalue weighted by atomic mass is 9.97. The molecule has 1 aromatic carbocycles. The van der Waals surface area contributed by atoms with Crippen LogP contribution < -0.4 is 4.90 Å². The molecule has 3 heterocycles. The van der Waals surface area contributed by atoms with Crippen molar-refractivity contribution in [2.24, 2.45) is 5.92 Å². The summed E-state index contributed by atoms with van der Waals surface area (Å²) < 4.78 is 2.33. The van der Waals surface area contributed by atoms with Gasteiger partial charge in [-0.1, -0.05) is 17.7 Å². The SMILES string of the molecule is [C-]#[N+]CC1CCN(c2nc(C)nc3c2c(C)c(C)n3-c2c(C)cc(C)cc2C)CC1. The summed E-state index contributed by atoms with van der Waals surface area (Å²) in [6, 6.07) is 4.50. The van der Waals surface area contributed by atoms with Gasteiger partial charge in [-0.3, -0.25) is 4.57 Å². The molecule has 3 aromatic rings. The minimum Gasteiger partial charge on any atom is -0.356 e. The maximum absolute atomic E-state index is 7.16. The molecule has 0 atom stereocenters. The molecule has 2 aromatic heterocycles. The number of hydrogen-bond acceptors (Lipinski definition) is 3. The maximum Gasteiger partial charge on any atom is 0.217 e. The molecule has 156 valence electrons. The van der Waals surface area contributed by atoms with E-state index in [1.807, 2.05) is 6.92 Å². The van der Waals surface area contributed by atoms with E-state index >= 15 is 0 Å². The third-order valence-electron chi connectivity index (χ3n) is 6.57. The molecule has 0 spiro atoms. The standard InChI is InChI=1S/C25H31N5/c1-15-12-16(2)23(17(3)13-15)30-19(5)18(4)22-24(27-20(6)28-25(22)30)29-10-8-21(9-11-29)14-26-7/h12-13,21H,8-11,14H2,1-6H3. The number of fused-ring (bicyclic) bond motifs is 1. The number of hydrogen-bond donors (Lipinski definition) is 0. The highest BCUT2D eigenvalue weighted by molar-refractivity contribution is 5.94. The number of benzene rings is 1. The van der Waals surface area contributed by atoms with Crippen molar-refractivity contribution in [2.75, 3.05) is 24.5 Å². The van der Waals surface area contributed by atoms with Gasteiger partial charge in [0.05, 0.1) is 11.1 Å². The van der Waals surface area contributed by atoms with Crippen molar-refractivity contribution in [2.45, 2.75) is 54.4 Å². The molecule has 0 saturated carbocycles. The number of aryl methyl sites for hydroxylation is 5. The van der Waals surface area contributed by atoms with Gasteiger partial charge in [0.2, 0.25) is 6.54 Å². The predicted octanol–water partition coefficient (Wildman–Crippen LogP) is 5.41. The van der Waals surface area contributed by atoms with Crippen molar-refractivity contribution >= 4 is 16.9 Å². The van der Waals surface area contributed by atoms with Gasteiger partial charge in [-0.2, -0.15) is 0 Å². The molecule has 5 heteroatoms. The minimum atomic E-state index is 0.516. The van der Waals surface area contributed by atoms with Gasteiger partial charge < -0.3 is 9.74 Å². The summed E-state index contributed by atoms with van der Waals surface area (Å²) in [6.07, 6.45) is 2.11. The molecule has 1 aliphatic heterocycles. The first-order valence-electron chi connectivity index (χ1n) is 10.8. The summed E-state index contributed by atoms with van der Waals surface area (Å²) in [4.78, 5) is 15.8. The summed E-state index contributed by atoms with van der Waals surface area (Å²) in [5.74, 6) is 2.38. The molecule has 0 amide bonds. The number of anilines is 1. The van der Waals surface area contributed by atoms with Gasteiger partial charge >= 0.3 is 0 Å². The highest BCUT2D eigenvalue weighted by atomic mass is 15.2. The van der Waals surface area contributed by atoms with Crippen LogP contribution in [0.25, 0.3) is 21.6 Å². The first-order valence-corrected chi connectivity index (χ1v) is 10.8.